The molecule has 0 atom stereocenters. The third kappa shape index (κ3) is 12.6. The summed E-state index contributed by atoms with van der Waals surface area (Å²) < 4.78 is 48.2. The molecule has 0 aliphatic rings. The predicted molar refractivity (Wildman–Crippen MR) is 71.5 cm³/mol. The minimum absolute atomic E-state index is 0.0258. The molecule has 0 saturated heterocycles. The Bertz CT molecular complexity index is 217. The molecule has 17 heavy (non-hydrogen) atoms. The number of halogens is 3. The van der Waals surface area contributed by atoms with Crippen LogP contribution in [0.15, 0.2) is 0 Å². The molecule has 2 nitrogen and oxygen atoms in total. The first kappa shape index (κ1) is 17.4. The molecule has 0 unspecified atom stereocenters. The van der Waals surface area contributed by atoms with E-state index in [1.54, 1.807) is 0 Å². The lowest BCUT2D eigenvalue weighted by Gasteiger charge is -2.30. The summed E-state index contributed by atoms with van der Waals surface area (Å²) in [6.45, 7) is 11.9. The Morgan fingerprint density at radius 3 is 1.47 bits per heavy atom. The van der Waals surface area contributed by atoms with Gasteiger partial charge in [0, 0.05) is 6.42 Å². The summed E-state index contributed by atoms with van der Waals surface area (Å²) in [7, 11) is -5.83. The molecule has 0 fully saturated rings. The highest BCUT2D eigenvalue weighted by Gasteiger charge is 2.34. The van der Waals surface area contributed by atoms with Crippen LogP contribution < -0.4 is 0 Å². The summed E-state index contributed by atoms with van der Waals surface area (Å²) in [6.07, 6.45) is -4.91. The molecule has 0 radical (unpaired) electrons. The topological polar surface area (TPSA) is 18.5 Å². The van der Waals surface area contributed by atoms with E-state index in [0.29, 0.717) is 0 Å². The maximum atomic E-state index is 12.2. The second-order valence-corrected chi connectivity index (χ2v) is 17.8. The van der Waals surface area contributed by atoms with Crippen LogP contribution in [0.2, 0.25) is 45.3 Å². The van der Waals surface area contributed by atoms with Crippen LogP contribution in [0.5, 0.6) is 0 Å². The summed E-state index contributed by atoms with van der Waals surface area (Å²) in [6, 6.07) is 0.0258. The van der Waals surface area contributed by atoms with Crippen molar-refractivity contribution < 1.29 is 21.4 Å². The van der Waals surface area contributed by atoms with Crippen molar-refractivity contribution in [2.24, 2.45) is 0 Å². The summed E-state index contributed by atoms with van der Waals surface area (Å²) in [5.41, 5.74) is 0. The summed E-state index contributed by atoms with van der Waals surface area (Å²) in [4.78, 5) is 0. The third-order valence-electron chi connectivity index (χ3n) is 1.63. The normalized spacial score (nSPS) is 14.5. The molecule has 0 heterocycles. The van der Waals surface area contributed by atoms with Gasteiger partial charge in [-0.15, -0.1) is 0 Å². The van der Waals surface area contributed by atoms with Crippen molar-refractivity contribution in [3.63, 3.8) is 0 Å². The molecular weight excluding hydrogens is 281 g/mol. The lowest BCUT2D eigenvalue weighted by Crippen LogP contribution is -2.43. The average molecular weight is 305 g/mol. The molecule has 0 bridgehead atoms. The molecule has 0 spiro atoms. The molecule has 0 saturated carbocycles. The van der Waals surface area contributed by atoms with Crippen LogP contribution in [0.4, 0.5) is 13.2 Å². The molecule has 0 aromatic heterocycles. The highest BCUT2D eigenvalue weighted by Crippen LogP contribution is 2.25. The zero-order valence-corrected chi connectivity index (χ0v) is 14.6. The third-order valence-corrected chi connectivity index (χ3v) is 10.2. The van der Waals surface area contributed by atoms with Crippen molar-refractivity contribution in [1.82, 2.24) is 0 Å². The number of rotatable bonds is 6. The fraction of sp³-hybridized carbons (Fsp3) is 1.00. The van der Waals surface area contributed by atoms with Crippen LogP contribution >= 0.6 is 0 Å². The van der Waals surface area contributed by atoms with Crippen LogP contribution in [0, 0.1) is 0 Å². The van der Waals surface area contributed by atoms with Crippen LogP contribution in [0.25, 0.3) is 0 Å². The average Bonchev–Trinajstić information content (AvgIpc) is 1.92. The maximum Gasteiger partial charge on any atom is 0.389 e. The standard InChI is InChI=1S/C9H23F3O2Si3/c1-16(2,3)13-15(14-17(4,5)6)8-7-9(10,11)12/h15H,7-8H2,1-6H3. The van der Waals surface area contributed by atoms with E-state index in [4.69, 9.17) is 8.23 Å². The Morgan fingerprint density at radius 2 is 1.24 bits per heavy atom. The van der Waals surface area contributed by atoms with E-state index < -0.39 is 38.5 Å². The second-order valence-electron chi connectivity index (χ2n) is 6.04. The Hall–Kier alpha value is 0.361. The monoisotopic (exact) mass is 304 g/mol. The second kappa shape index (κ2) is 6.00. The van der Waals surface area contributed by atoms with Gasteiger partial charge in [-0.25, -0.2) is 0 Å². The Kier molecular flexibility index (Phi) is 6.13. The van der Waals surface area contributed by atoms with E-state index in [9.17, 15) is 13.2 Å². The SMILES string of the molecule is C[Si](C)(C)O[SiH](CCC(F)(F)F)O[Si](C)(C)C. The van der Waals surface area contributed by atoms with Crippen LogP contribution in [0.1, 0.15) is 6.42 Å². The van der Waals surface area contributed by atoms with Gasteiger partial charge in [0.05, 0.1) is 0 Å². The lowest BCUT2D eigenvalue weighted by atomic mass is 10.5. The van der Waals surface area contributed by atoms with E-state index in [1.165, 1.54) is 0 Å². The molecule has 0 amide bonds. The summed E-state index contributed by atoms with van der Waals surface area (Å²) >= 11 is 0. The van der Waals surface area contributed by atoms with E-state index in [1.807, 2.05) is 39.3 Å². The van der Waals surface area contributed by atoms with Crippen molar-refractivity contribution in [2.45, 2.75) is 57.9 Å². The Labute approximate surface area is 106 Å². The zero-order chi connectivity index (χ0) is 13.9. The first-order valence-electron chi connectivity index (χ1n) is 5.71. The van der Waals surface area contributed by atoms with Gasteiger partial charge in [0.2, 0.25) is 0 Å². The summed E-state index contributed by atoms with van der Waals surface area (Å²) in [5, 5.41) is 0. The van der Waals surface area contributed by atoms with Crippen molar-refractivity contribution in [3.05, 3.63) is 0 Å². The molecule has 104 valence electrons. The van der Waals surface area contributed by atoms with E-state index >= 15 is 0 Å². The zero-order valence-electron chi connectivity index (χ0n) is 11.4. The van der Waals surface area contributed by atoms with Gasteiger partial charge in [-0.2, -0.15) is 13.2 Å². The minimum Gasteiger partial charge on any atom is -0.439 e. The Balaban J connectivity index is 4.42. The fourth-order valence-electron chi connectivity index (χ4n) is 1.21. The largest absolute Gasteiger partial charge is 0.439 e. The summed E-state index contributed by atoms with van der Waals surface area (Å²) in [5.74, 6) is 0. The first-order valence-corrected chi connectivity index (χ1v) is 14.3. The van der Waals surface area contributed by atoms with E-state index in [-0.39, 0.29) is 6.04 Å². The number of alkyl halides is 3. The lowest BCUT2D eigenvalue weighted by molar-refractivity contribution is -0.131. The molecule has 0 rings (SSSR count). The van der Waals surface area contributed by atoms with E-state index in [2.05, 4.69) is 0 Å². The molecule has 0 aromatic carbocycles. The van der Waals surface area contributed by atoms with Gasteiger partial charge in [0.25, 0.3) is 0 Å². The number of hydrogen-bond acceptors (Lipinski definition) is 2. The van der Waals surface area contributed by atoms with Gasteiger partial charge in [-0.3, -0.25) is 0 Å². The molecule has 0 aliphatic carbocycles. The van der Waals surface area contributed by atoms with Gasteiger partial charge in [-0.1, -0.05) is 0 Å². The van der Waals surface area contributed by atoms with Crippen molar-refractivity contribution in [1.29, 1.82) is 0 Å². The van der Waals surface area contributed by atoms with Gasteiger partial charge >= 0.3 is 15.5 Å². The van der Waals surface area contributed by atoms with Crippen LogP contribution in [-0.2, 0) is 8.23 Å². The predicted octanol–water partition coefficient (Wildman–Crippen LogP) is 3.86. The molecule has 0 aliphatic heterocycles. The molecule has 0 N–H and O–H groups in total. The highest BCUT2D eigenvalue weighted by atomic mass is 28.4. The quantitative estimate of drug-likeness (QED) is 0.694. The van der Waals surface area contributed by atoms with Crippen LogP contribution in [-0.4, -0.2) is 32.1 Å². The Morgan fingerprint density at radius 1 is 0.882 bits per heavy atom. The van der Waals surface area contributed by atoms with Crippen LogP contribution in [0.3, 0.4) is 0 Å². The molecule has 8 heteroatoms. The van der Waals surface area contributed by atoms with E-state index in [0.717, 1.165) is 0 Å². The van der Waals surface area contributed by atoms with Gasteiger partial charge in [0.1, 0.15) is 0 Å². The highest BCUT2D eigenvalue weighted by molar-refractivity contribution is 6.81. The minimum atomic E-state index is -4.11. The van der Waals surface area contributed by atoms with Gasteiger partial charge in [-0.05, 0) is 45.3 Å². The maximum absolute atomic E-state index is 12.2. The first-order chi connectivity index (χ1) is 7.29. The molecular formula is C9H23F3O2Si3. The number of hydrogen-bond donors (Lipinski definition) is 0. The van der Waals surface area contributed by atoms with Gasteiger partial charge < -0.3 is 8.23 Å². The van der Waals surface area contributed by atoms with Gasteiger partial charge in [0.15, 0.2) is 16.6 Å². The molecule has 0 aromatic rings. The fourth-order valence-corrected chi connectivity index (χ4v) is 9.65. The van der Waals surface area contributed by atoms with Crippen molar-refractivity contribution in [3.8, 4) is 0 Å². The van der Waals surface area contributed by atoms with Crippen molar-refractivity contribution in [2.75, 3.05) is 0 Å². The smallest absolute Gasteiger partial charge is 0.389 e. The van der Waals surface area contributed by atoms with Crippen molar-refractivity contribution >= 4 is 25.9 Å².